The van der Waals surface area contributed by atoms with Crippen LogP contribution in [-0.4, -0.2) is 0 Å². The van der Waals surface area contributed by atoms with Gasteiger partial charge < -0.3 is 0 Å². The number of rotatable bonds is 4. The smallest absolute Gasteiger partial charge is 0.00272 e. The molecular formula is C11H19. The van der Waals surface area contributed by atoms with Gasteiger partial charge in [-0.05, 0) is 31.6 Å². The Morgan fingerprint density at radius 2 is 2.27 bits per heavy atom. The third-order valence-electron chi connectivity index (χ3n) is 2.32. The maximum atomic E-state index is 2.35. The highest BCUT2D eigenvalue weighted by atomic mass is 14.1. The molecule has 0 aromatic rings. The van der Waals surface area contributed by atoms with Crippen molar-refractivity contribution in [1.29, 1.82) is 0 Å². The lowest BCUT2D eigenvalue weighted by Crippen LogP contribution is -1.97. The molecule has 1 aliphatic carbocycles. The summed E-state index contributed by atoms with van der Waals surface area (Å²) in [5, 5.41) is 0. The summed E-state index contributed by atoms with van der Waals surface area (Å²) in [6, 6.07) is 0. The van der Waals surface area contributed by atoms with E-state index >= 15 is 0 Å². The fourth-order valence-corrected chi connectivity index (χ4v) is 1.59. The minimum Gasteiger partial charge on any atom is -0.0879 e. The molecule has 0 aromatic carbocycles. The molecule has 0 bridgehead atoms. The molecule has 11 heavy (non-hydrogen) atoms. The van der Waals surface area contributed by atoms with E-state index in [0.29, 0.717) is 0 Å². The van der Waals surface area contributed by atoms with E-state index in [9.17, 15) is 0 Å². The summed E-state index contributed by atoms with van der Waals surface area (Å²) in [5.41, 5.74) is 0. The van der Waals surface area contributed by atoms with Crippen molar-refractivity contribution in [2.45, 2.75) is 51.9 Å². The zero-order chi connectivity index (χ0) is 7.94. The van der Waals surface area contributed by atoms with Crippen molar-refractivity contribution in [3.63, 3.8) is 0 Å². The molecule has 1 rings (SSSR count). The standard InChI is InChI=1S/C11H19/c1-2-3-5-8-11-9-6-4-7-10-11/h6,9H,2-5,7-8,10H2,1H3. The summed E-state index contributed by atoms with van der Waals surface area (Å²) in [6.45, 7) is 2.27. The molecule has 0 nitrogen and oxygen atoms in total. The van der Waals surface area contributed by atoms with Crippen LogP contribution in [0, 0.1) is 5.92 Å². The van der Waals surface area contributed by atoms with Crippen molar-refractivity contribution < 1.29 is 0 Å². The minimum absolute atomic E-state index is 1.30. The molecule has 63 valence electrons. The van der Waals surface area contributed by atoms with Gasteiger partial charge >= 0.3 is 0 Å². The number of hydrogen-bond donors (Lipinski definition) is 0. The highest BCUT2D eigenvalue weighted by Gasteiger charge is 2.07. The Labute approximate surface area is 70.7 Å². The van der Waals surface area contributed by atoms with Gasteiger partial charge in [-0.15, -0.1) is 0 Å². The molecule has 0 N–H and O–H groups in total. The topological polar surface area (TPSA) is 0 Å². The van der Waals surface area contributed by atoms with E-state index in [-0.39, 0.29) is 0 Å². The SMILES string of the molecule is CCCCC[C]1C=CCCC1. The van der Waals surface area contributed by atoms with E-state index in [2.05, 4.69) is 19.1 Å². The van der Waals surface area contributed by atoms with Gasteiger partial charge in [-0.1, -0.05) is 38.3 Å². The van der Waals surface area contributed by atoms with Crippen LogP contribution in [0.3, 0.4) is 0 Å². The van der Waals surface area contributed by atoms with Crippen molar-refractivity contribution in [2.75, 3.05) is 0 Å². The van der Waals surface area contributed by atoms with Gasteiger partial charge in [-0.25, -0.2) is 0 Å². The Kier molecular flexibility index (Phi) is 4.33. The normalized spacial score (nSPS) is 19.0. The van der Waals surface area contributed by atoms with Crippen molar-refractivity contribution in [3.8, 4) is 0 Å². The van der Waals surface area contributed by atoms with Gasteiger partial charge in [-0.2, -0.15) is 0 Å². The van der Waals surface area contributed by atoms with E-state index in [1.165, 1.54) is 44.9 Å². The average Bonchev–Trinajstić information content (AvgIpc) is 2.07. The van der Waals surface area contributed by atoms with Crippen LogP contribution in [0.4, 0.5) is 0 Å². The van der Waals surface area contributed by atoms with E-state index in [1.54, 1.807) is 5.92 Å². The first-order valence-corrected chi connectivity index (χ1v) is 4.94. The first-order valence-electron chi connectivity index (χ1n) is 4.94. The average molecular weight is 151 g/mol. The Morgan fingerprint density at radius 3 is 2.91 bits per heavy atom. The molecule has 1 aliphatic rings. The van der Waals surface area contributed by atoms with Crippen LogP contribution in [0.25, 0.3) is 0 Å². The summed E-state index contributed by atoms with van der Waals surface area (Å²) < 4.78 is 0. The fourth-order valence-electron chi connectivity index (χ4n) is 1.59. The van der Waals surface area contributed by atoms with Gasteiger partial charge in [0.1, 0.15) is 0 Å². The monoisotopic (exact) mass is 151 g/mol. The van der Waals surface area contributed by atoms with Crippen LogP contribution in [0.2, 0.25) is 0 Å². The second kappa shape index (κ2) is 5.40. The molecule has 0 amide bonds. The second-order valence-corrected chi connectivity index (χ2v) is 3.41. The highest BCUT2D eigenvalue weighted by Crippen LogP contribution is 2.24. The van der Waals surface area contributed by atoms with Gasteiger partial charge in [-0.3, -0.25) is 0 Å². The second-order valence-electron chi connectivity index (χ2n) is 3.41. The molecule has 0 saturated heterocycles. The Balaban J connectivity index is 2.05. The highest BCUT2D eigenvalue weighted by molar-refractivity contribution is 5.12. The van der Waals surface area contributed by atoms with Crippen LogP contribution in [0.15, 0.2) is 12.2 Å². The summed E-state index contributed by atoms with van der Waals surface area (Å²) in [5.74, 6) is 1.68. The van der Waals surface area contributed by atoms with E-state index in [4.69, 9.17) is 0 Å². The summed E-state index contributed by atoms with van der Waals surface area (Å²) >= 11 is 0. The van der Waals surface area contributed by atoms with Gasteiger partial charge in [0, 0.05) is 0 Å². The van der Waals surface area contributed by atoms with Crippen LogP contribution in [0.5, 0.6) is 0 Å². The number of hydrogen-bond acceptors (Lipinski definition) is 0. The quantitative estimate of drug-likeness (QED) is 0.535. The number of unbranched alkanes of at least 4 members (excludes halogenated alkanes) is 2. The first kappa shape index (κ1) is 8.83. The van der Waals surface area contributed by atoms with E-state index < -0.39 is 0 Å². The molecule has 0 saturated carbocycles. The zero-order valence-electron chi connectivity index (χ0n) is 7.60. The van der Waals surface area contributed by atoms with Crippen LogP contribution < -0.4 is 0 Å². The van der Waals surface area contributed by atoms with E-state index in [1.807, 2.05) is 0 Å². The minimum atomic E-state index is 1.30. The van der Waals surface area contributed by atoms with Crippen molar-refractivity contribution in [2.24, 2.45) is 0 Å². The van der Waals surface area contributed by atoms with Crippen LogP contribution in [0.1, 0.15) is 51.9 Å². The predicted octanol–water partition coefficient (Wildman–Crippen LogP) is 3.88. The first-order chi connectivity index (χ1) is 5.43. The Morgan fingerprint density at radius 1 is 1.36 bits per heavy atom. The summed E-state index contributed by atoms with van der Waals surface area (Å²) in [4.78, 5) is 0. The van der Waals surface area contributed by atoms with Gasteiger partial charge in [0.15, 0.2) is 0 Å². The molecule has 0 heteroatoms. The summed E-state index contributed by atoms with van der Waals surface area (Å²) in [6.07, 6.45) is 14.2. The largest absolute Gasteiger partial charge is 0.0879 e. The maximum absolute atomic E-state index is 2.35. The molecule has 0 spiro atoms. The van der Waals surface area contributed by atoms with Crippen LogP contribution in [-0.2, 0) is 0 Å². The van der Waals surface area contributed by atoms with Crippen molar-refractivity contribution in [1.82, 2.24) is 0 Å². The van der Waals surface area contributed by atoms with Crippen molar-refractivity contribution in [3.05, 3.63) is 18.1 Å². The van der Waals surface area contributed by atoms with Crippen LogP contribution >= 0.6 is 0 Å². The Hall–Kier alpha value is -0.260. The lowest BCUT2D eigenvalue weighted by molar-refractivity contribution is 0.633. The summed E-state index contributed by atoms with van der Waals surface area (Å²) in [7, 11) is 0. The number of allylic oxidation sites excluding steroid dienone is 2. The third kappa shape index (κ3) is 3.60. The maximum Gasteiger partial charge on any atom is -0.00272 e. The molecule has 0 atom stereocenters. The van der Waals surface area contributed by atoms with Gasteiger partial charge in [0.25, 0.3) is 0 Å². The molecule has 0 unspecified atom stereocenters. The third-order valence-corrected chi connectivity index (χ3v) is 2.32. The molecule has 0 aliphatic heterocycles. The molecule has 0 heterocycles. The lowest BCUT2D eigenvalue weighted by Gasteiger charge is -2.14. The molecule has 0 aromatic heterocycles. The van der Waals surface area contributed by atoms with Gasteiger partial charge in [0.05, 0.1) is 0 Å². The predicted molar refractivity (Wildman–Crippen MR) is 50.4 cm³/mol. The molecule has 0 fully saturated rings. The van der Waals surface area contributed by atoms with E-state index in [0.717, 1.165) is 0 Å². The fraction of sp³-hybridized carbons (Fsp3) is 0.727. The lowest BCUT2D eigenvalue weighted by atomic mass is 9.91. The Bertz CT molecular complexity index is 113. The molecular weight excluding hydrogens is 132 g/mol. The van der Waals surface area contributed by atoms with Crippen molar-refractivity contribution >= 4 is 0 Å². The zero-order valence-corrected chi connectivity index (χ0v) is 7.60. The molecule has 1 radical (unpaired) electrons. The van der Waals surface area contributed by atoms with Gasteiger partial charge in [0.2, 0.25) is 0 Å².